The van der Waals surface area contributed by atoms with Crippen LogP contribution in [0.1, 0.15) is 22.4 Å². The van der Waals surface area contributed by atoms with Crippen molar-refractivity contribution in [2.75, 3.05) is 6.54 Å². The highest BCUT2D eigenvalue weighted by Crippen LogP contribution is 2.18. The summed E-state index contributed by atoms with van der Waals surface area (Å²) in [4.78, 5) is 1.36. The van der Waals surface area contributed by atoms with Crippen LogP contribution >= 0.6 is 11.3 Å². The van der Waals surface area contributed by atoms with E-state index in [2.05, 4.69) is 16.8 Å². The molecule has 96 valence electrons. The predicted octanol–water partition coefficient (Wildman–Crippen LogP) is 4.02. The van der Waals surface area contributed by atoms with E-state index in [1.807, 2.05) is 6.07 Å². The first-order valence-corrected chi connectivity index (χ1v) is 6.74. The summed E-state index contributed by atoms with van der Waals surface area (Å²) in [6.07, 6.45) is -1.38. The Morgan fingerprint density at radius 2 is 1.89 bits per heavy atom. The lowest BCUT2D eigenvalue weighted by molar-refractivity contribution is 0.151. The van der Waals surface area contributed by atoms with E-state index in [9.17, 15) is 8.78 Å². The van der Waals surface area contributed by atoms with Crippen molar-refractivity contribution in [3.8, 4) is 0 Å². The van der Waals surface area contributed by atoms with Crippen LogP contribution in [0.2, 0.25) is 0 Å². The number of benzene rings is 1. The highest BCUT2D eigenvalue weighted by Gasteiger charge is 2.05. The molecular formula is C14H15F2NS. The van der Waals surface area contributed by atoms with E-state index >= 15 is 0 Å². The van der Waals surface area contributed by atoms with Crippen LogP contribution in [0.5, 0.6) is 0 Å². The van der Waals surface area contributed by atoms with E-state index in [4.69, 9.17) is 0 Å². The number of rotatable bonds is 6. The Morgan fingerprint density at radius 3 is 2.50 bits per heavy atom. The number of alkyl halides is 2. The molecule has 0 aliphatic rings. The molecule has 1 aromatic heterocycles. The van der Waals surface area contributed by atoms with Crippen LogP contribution in [-0.2, 0) is 13.0 Å². The van der Waals surface area contributed by atoms with E-state index in [1.165, 1.54) is 17.0 Å². The van der Waals surface area contributed by atoms with Gasteiger partial charge in [0, 0.05) is 23.5 Å². The van der Waals surface area contributed by atoms with Gasteiger partial charge in [-0.25, -0.2) is 8.78 Å². The maximum absolute atomic E-state index is 12.3. The smallest absolute Gasteiger partial charge is 0.263 e. The van der Waals surface area contributed by atoms with Gasteiger partial charge in [0.05, 0.1) is 0 Å². The Morgan fingerprint density at radius 1 is 1.11 bits per heavy atom. The van der Waals surface area contributed by atoms with Crippen molar-refractivity contribution < 1.29 is 8.78 Å². The van der Waals surface area contributed by atoms with Gasteiger partial charge in [0.2, 0.25) is 0 Å². The standard InChI is InChI=1S/C14H15F2NS/c15-14(16)12-5-3-11(4-6-12)10-17-8-7-13-2-1-9-18-13/h1-6,9,14,17H,7-8,10H2. The minimum atomic E-state index is -2.38. The van der Waals surface area contributed by atoms with Gasteiger partial charge in [0.15, 0.2) is 0 Å². The fourth-order valence-corrected chi connectivity index (χ4v) is 2.39. The van der Waals surface area contributed by atoms with E-state index in [0.717, 1.165) is 25.1 Å². The lowest BCUT2D eigenvalue weighted by Crippen LogP contribution is -2.16. The molecule has 1 N–H and O–H groups in total. The van der Waals surface area contributed by atoms with E-state index in [1.54, 1.807) is 23.5 Å². The third-order valence-corrected chi connectivity index (χ3v) is 3.63. The van der Waals surface area contributed by atoms with Crippen molar-refractivity contribution in [3.05, 3.63) is 57.8 Å². The second-order valence-electron chi connectivity index (χ2n) is 4.05. The summed E-state index contributed by atoms with van der Waals surface area (Å²) in [5.74, 6) is 0. The van der Waals surface area contributed by atoms with Gasteiger partial charge in [0.25, 0.3) is 6.43 Å². The van der Waals surface area contributed by atoms with Gasteiger partial charge in [-0.1, -0.05) is 30.3 Å². The maximum Gasteiger partial charge on any atom is 0.263 e. The van der Waals surface area contributed by atoms with Gasteiger partial charge in [-0.3, -0.25) is 0 Å². The molecule has 2 aromatic rings. The molecule has 0 fully saturated rings. The molecule has 1 aromatic carbocycles. The predicted molar refractivity (Wildman–Crippen MR) is 71.1 cm³/mol. The molecule has 0 aliphatic heterocycles. The van der Waals surface area contributed by atoms with Gasteiger partial charge in [0.1, 0.15) is 0 Å². The van der Waals surface area contributed by atoms with Crippen molar-refractivity contribution in [1.82, 2.24) is 5.32 Å². The highest BCUT2D eigenvalue weighted by molar-refractivity contribution is 7.09. The first-order chi connectivity index (χ1) is 8.75. The molecule has 0 bridgehead atoms. The molecule has 0 saturated heterocycles. The molecule has 0 unspecified atom stereocenters. The van der Waals surface area contributed by atoms with Crippen molar-refractivity contribution in [1.29, 1.82) is 0 Å². The van der Waals surface area contributed by atoms with Crippen molar-refractivity contribution in [2.24, 2.45) is 0 Å². The molecule has 0 aliphatic carbocycles. The minimum Gasteiger partial charge on any atom is -0.312 e. The molecule has 4 heteroatoms. The van der Waals surface area contributed by atoms with Crippen LogP contribution in [0.15, 0.2) is 41.8 Å². The summed E-state index contributed by atoms with van der Waals surface area (Å²) in [5, 5.41) is 5.38. The van der Waals surface area contributed by atoms with Crippen molar-refractivity contribution in [3.63, 3.8) is 0 Å². The van der Waals surface area contributed by atoms with Crippen LogP contribution in [0, 0.1) is 0 Å². The van der Waals surface area contributed by atoms with Gasteiger partial charge >= 0.3 is 0 Å². The Balaban J connectivity index is 1.73. The summed E-state index contributed by atoms with van der Waals surface area (Å²) in [5.41, 5.74) is 1.11. The maximum atomic E-state index is 12.3. The Hall–Kier alpha value is -1.26. The summed E-state index contributed by atoms with van der Waals surface area (Å²) >= 11 is 1.75. The molecular weight excluding hydrogens is 252 g/mol. The fourth-order valence-electron chi connectivity index (χ4n) is 1.68. The number of hydrogen-bond acceptors (Lipinski definition) is 2. The zero-order valence-electron chi connectivity index (χ0n) is 9.90. The molecule has 0 amide bonds. The van der Waals surface area contributed by atoms with E-state index in [-0.39, 0.29) is 5.56 Å². The van der Waals surface area contributed by atoms with Crippen molar-refractivity contribution >= 4 is 11.3 Å². The van der Waals surface area contributed by atoms with Crippen LogP contribution in [0.25, 0.3) is 0 Å². The molecule has 0 spiro atoms. The third-order valence-electron chi connectivity index (χ3n) is 2.69. The number of halogens is 2. The van der Waals surface area contributed by atoms with Gasteiger partial charge < -0.3 is 5.32 Å². The van der Waals surface area contributed by atoms with Crippen LogP contribution in [-0.4, -0.2) is 6.54 Å². The lowest BCUT2D eigenvalue weighted by atomic mass is 10.1. The molecule has 0 saturated carbocycles. The fraction of sp³-hybridized carbons (Fsp3) is 0.286. The summed E-state index contributed by atoms with van der Waals surface area (Å²) in [6.45, 7) is 1.62. The zero-order valence-corrected chi connectivity index (χ0v) is 10.7. The zero-order chi connectivity index (χ0) is 12.8. The normalized spacial score (nSPS) is 11.1. The first-order valence-electron chi connectivity index (χ1n) is 5.86. The number of thiophene rings is 1. The molecule has 2 rings (SSSR count). The molecule has 1 heterocycles. The van der Waals surface area contributed by atoms with E-state index in [0.29, 0.717) is 0 Å². The number of nitrogens with one attached hydrogen (secondary N) is 1. The average molecular weight is 267 g/mol. The van der Waals surface area contributed by atoms with Gasteiger partial charge in [-0.2, -0.15) is 0 Å². The van der Waals surface area contributed by atoms with Gasteiger partial charge in [-0.05, 0) is 23.4 Å². The Labute approximate surface area is 109 Å². The second-order valence-corrected chi connectivity index (χ2v) is 5.08. The Bertz CT molecular complexity index is 451. The lowest BCUT2D eigenvalue weighted by Gasteiger charge is -2.05. The minimum absolute atomic E-state index is 0.0809. The largest absolute Gasteiger partial charge is 0.312 e. The van der Waals surface area contributed by atoms with Crippen LogP contribution < -0.4 is 5.32 Å². The molecule has 0 radical (unpaired) electrons. The highest BCUT2D eigenvalue weighted by atomic mass is 32.1. The number of hydrogen-bond donors (Lipinski definition) is 1. The van der Waals surface area contributed by atoms with E-state index < -0.39 is 6.43 Å². The average Bonchev–Trinajstić information content (AvgIpc) is 2.88. The summed E-state index contributed by atoms with van der Waals surface area (Å²) in [6, 6.07) is 10.6. The van der Waals surface area contributed by atoms with Crippen LogP contribution in [0.3, 0.4) is 0 Å². The quantitative estimate of drug-likeness (QED) is 0.779. The molecule has 18 heavy (non-hydrogen) atoms. The SMILES string of the molecule is FC(F)c1ccc(CNCCc2cccs2)cc1. The van der Waals surface area contributed by atoms with Gasteiger partial charge in [-0.15, -0.1) is 11.3 Å². The third kappa shape index (κ3) is 3.89. The second kappa shape index (κ2) is 6.61. The summed E-state index contributed by atoms with van der Waals surface area (Å²) < 4.78 is 24.7. The first kappa shape index (κ1) is 13.2. The Kier molecular flexibility index (Phi) is 4.84. The van der Waals surface area contributed by atoms with Crippen molar-refractivity contribution in [2.45, 2.75) is 19.4 Å². The monoisotopic (exact) mass is 267 g/mol. The topological polar surface area (TPSA) is 12.0 Å². The molecule has 1 nitrogen and oxygen atoms in total. The van der Waals surface area contributed by atoms with Crippen LogP contribution in [0.4, 0.5) is 8.78 Å². The molecule has 0 atom stereocenters. The summed E-state index contributed by atoms with van der Waals surface area (Å²) in [7, 11) is 0.